The summed E-state index contributed by atoms with van der Waals surface area (Å²) in [5.41, 5.74) is 0.839. The lowest BCUT2D eigenvalue weighted by Crippen LogP contribution is -2.27. The second kappa shape index (κ2) is 9.27. The highest BCUT2D eigenvalue weighted by atomic mass is 16.5. The van der Waals surface area contributed by atoms with Crippen molar-refractivity contribution in [3.63, 3.8) is 0 Å². The zero-order valence-electron chi connectivity index (χ0n) is 14.1. The zero-order valence-corrected chi connectivity index (χ0v) is 14.1. The van der Waals surface area contributed by atoms with E-state index in [9.17, 15) is 14.7 Å². The highest BCUT2D eigenvalue weighted by Gasteiger charge is 2.13. The number of unbranched alkanes of at least 4 members (excludes halogenated alkanes) is 1. The molecule has 0 aliphatic carbocycles. The number of carboxylic acid groups (broad SMARTS) is 1. The minimum Gasteiger partial charge on any atom is -0.494 e. The lowest BCUT2D eigenvalue weighted by Gasteiger charge is -2.08. The van der Waals surface area contributed by atoms with Gasteiger partial charge in [-0.15, -0.1) is 0 Å². The molecule has 0 unspecified atom stereocenters. The molecule has 0 saturated carbocycles. The normalized spacial score (nSPS) is 11.0. The highest BCUT2D eigenvalue weighted by Crippen LogP contribution is 2.16. The van der Waals surface area contributed by atoms with Gasteiger partial charge in [-0.1, -0.05) is 43.7 Å². The van der Waals surface area contributed by atoms with E-state index < -0.39 is 11.9 Å². The molecule has 2 aromatic rings. The van der Waals surface area contributed by atoms with Gasteiger partial charge in [0.05, 0.1) is 6.61 Å². The number of ether oxygens (including phenoxy) is 1. The average Bonchev–Trinajstić information content (AvgIpc) is 2.62. The third kappa shape index (κ3) is 5.80. The van der Waals surface area contributed by atoms with Crippen molar-refractivity contribution in [2.75, 3.05) is 6.61 Å². The van der Waals surface area contributed by atoms with Crippen LogP contribution in [0.15, 0.2) is 60.3 Å². The molecule has 130 valence electrons. The number of hydrogen-bond donors (Lipinski definition) is 2. The van der Waals surface area contributed by atoms with E-state index >= 15 is 0 Å². The smallest absolute Gasteiger partial charge is 0.352 e. The Morgan fingerprint density at radius 3 is 2.56 bits per heavy atom. The van der Waals surface area contributed by atoms with Crippen LogP contribution in [0.5, 0.6) is 5.75 Å². The Morgan fingerprint density at radius 2 is 1.88 bits per heavy atom. The Morgan fingerprint density at radius 1 is 1.12 bits per heavy atom. The van der Waals surface area contributed by atoms with Gasteiger partial charge >= 0.3 is 5.97 Å². The number of carbonyl (C=O) groups excluding carboxylic acids is 1. The summed E-state index contributed by atoms with van der Waals surface area (Å²) in [5.74, 6) is -1.01. The van der Waals surface area contributed by atoms with Gasteiger partial charge in [0.1, 0.15) is 11.4 Å². The molecule has 2 N–H and O–H groups in total. The topological polar surface area (TPSA) is 75.6 Å². The molecule has 0 aliphatic heterocycles. The molecule has 0 aromatic heterocycles. The minimum absolute atomic E-state index is 0.195. The molecule has 0 bridgehead atoms. The monoisotopic (exact) mass is 339 g/mol. The molecule has 2 aromatic carbocycles. The summed E-state index contributed by atoms with van der Waals surface area (Å²) in [6.07, 6.45) is 3.40. The van der Waals surface area contributed by atoms with E-state index in [0.29, 0.717) is 23.5 Å². The Hall–Kier alpha value is -3.08. The van der Waals surface area contributed by atoms with Crippen molar-refractivity contribution in [2.45, 2.75) is 19.8 Å². The number of carbonyl (C=O) groups is 2. The second-order valence-electron chi connectivity index (χ2n) is 5.46. The molecule has 5 nitrogen and oxygen atoms in total. The Labute approximate surface area is 146 Å². The largest absolute Gasteiger partial charge is 0.494 e. The zero-order chi connectivity index (χ0) is 18.1. The summed E-state index contributed by atoms with van der Waals surface area (Å²) in [6, 6.07) is 15.6. The fourth-order valence-electron chi connectivity index (χ4n) is 2.13. The van der Waals surface area contributed by atoms with E-state index in [0.717, 1.165) is 12.8 Å². The predicted octanol–water partition coefficient (Wildman–Crippen LogP) is 3.72. The highest BCUT2D eigenvalue weighted by molar-refractivity contribution is 6.02. The van der Waals surface area contributed by atoms with Crippen LogP contribution in [0.25, 0.3) is 6.08 Å². The number of aliphatic carboxylic acids is 1. The van der Waals surface area contributed by atoms with Gasteiger partial charge in [-0.25, -0.2) is 4.79 Å². The van der Waals surface area contributed by atoms with Crippen molar-refractivity contribution < 1.29 is 19.4 Å². The van der Waals surface area contributed by atoms with Crippen molar-refractivity contribution in [3.8, 4) is 5.75 Å². The molecule has 25 heavy (non-hydrogen) atoms. The van der Waals surface area contributed by atoms with E-state index in [-0.39, 0.29) is 5.70 Å². The SMILES string of the molecule is CCCCOc1cccc(C=C(NC(=O)c2ccccc2)C(=O)O)c1. The Kier molecular flexibility index (Phi) is 6.77. The third-order valence-electron chi connectivity index (χ3n) is 3.45. The number of carboxylic acids is 1. The molecule has 5 heteroatoms. The van der Waals surface area contributed by atoms with Crippen LogP contribution in [0.1, 0.15) is 35.7 Å². The van der Waals surface area contributed by atoms with Gasteiger partial charge in [-0.2, -0.15) is 0 Å². The molecule has 0 atom stereocenters. The third-order valence-corrected chi connectivity index (χ3v) is 3.45. The minimum atomic E-state index is -1.21. The van der Waals surface area contributed by atoms with Crippen LogP contribution in [-0.2, 0) is 4.79 Å². The van der Waals surface area contributed by atoms with Crippen LogP contribution in [-0.4, -0.2) is 23.6 Å². The molecule has 2 rings (SSSR count). The van der Waals surface area contributed by atoms with Crippen LogP contribution in [0.4, 0.5) is 0 Å². The Balaban J connectivity index is 2.15. The summed E-state index contributed by atoms with van der Waals surface area (Å²) in [4.78, 5) is 23.6. The van der Waals surface area contributed by atoms with Gasteiger partial charge in [0.15, 0.2) is 0 Å². The number of amides is 1. The Bertz CT molecular complexity index is 753. The summed E-state index contributed by atoms with van der Waals surface area (Å²) in [6.45, 7) is 2.69. The van der Waals surface area contributed by atoms with Crippen LogP contribution >= 0.6 is 0 Å². The first-order chi connectivity index (χ1) is 12.1. The van der Waals surface area contributed by atoms with Crippen molar-refractivity contribution in [3.05, 3.63) is 71.4 Å². The van der Waals surface area contributed by atoms with Gasteiger partial charge in [-0.05, 0) is 42.3 Å². The average molecular weight is 339 g/mol. The summed E-state index contributed by atoms with van der Waals surface area (Å²) < 4.78 is 5.62. The first kappa shape index (κ1) is 18.3. The fraction of sp³-hybridized carbons (Fsp3) is 0.200. The van der Waals surface area contributed by atoms with Crippen molar-refractivity contribution >= 4 is 18.0 Å². The maximum Gasteiger partial charge on any atom is 0.352 e. The maximum atomic E-state index is 12.2. The summed E-state index contributed by atoms with van der Waals surface area (Å²) in [7, 11) is 0. The van der Waals surface area contributed by atoms with Crippen molar-refractivity contribution in [1.29, 1.82) is 0 Å². The van der Waals surface area contributed by atoms with E-state index in [1.807, 2.05) is 6.07 Å². The molecule has 0 spiro atoms. The van der Waals surface area contributed by atoms with Crippen molar-refractivity contribution in [1.82, 2.24) is 5.32 Å². The maximum absolute atomic E-state index is 12.2. The van der Waals surface area contributed by atoms with E-state index in [1.165, 1.54) is 6.08 Å². The number of hydrogen-bond acceptors (Lipinski definition) is 3. The lowest BCUT2D eigenvalue weighted by molar-refractivity contribution is -0.132. The van der Waals surface area contributed by atoms with Gasteiger partial charge in [-0.3, -0.25) is 4.79 Å². The molecule has 0 aliphatic rings. The lowest BCUT2D eigenvalue weighted by atomic mass is 10.1. The summed E-state index contributed by atoms with van der Waals surface area (Å²) >= 11 is 0. The van der Waals surface area contributed by atoms with Crippen molar-refractivity contribution in [2.24, 2.45) is 0 Å². The first-order valence-corrected chi connectivity index (χ1v) is 8.14. The predicted molar refractivity (Wildman–Crippen MR) is 96.4 cm³/mol. The molecule has 0 radical (unpaired) electrons. The van der Waals surface area contributed by atoms with Gasteiger partial charge in [0.25, 0.3) is 5.91 Å². The molecule has 0 heterocycles. The van der Waals surface area contributed by atoms with E-state index in [2.05, 4.69) is 12.2 Å². The van der Waals surface area contributed by atoms with E-state index in [4.69, 9.17) is 4.74 Å². The molecular formula is C20H21NO4. The van der Waals surface area contributed by atoms with E-state index in [1.54, 1.807) is 48.5 Å². The molecule has 1 amide bonds. The van der Waals surface area contributed by atoms with Gasteiger partial charge < -0.3 is 15.2 Å². The fourth-order valence-corrected chi connectivity index (χ4v) is 2.13. The van der Waals surface area contributed by atoms with Crippen LogP contribution in [0, 0.1) is 0 Å². The van der Waals surface area contributed by atoms with Gasteiger partial charge in [0.2, 0.25) is 0 Å². The second-order valence-corrected chi connectivity index (χ2v) is 5.46. The first-order valence-electron chi connectivity index (χ1n) is 8.14. The molecule has 0 saturated heterocycles. The number of benzene rings is 2. The standard InChI is InChI=1S/C20H21NO4/c1-2-3-12-25-17-11-7-8-15(13-17)14-18(20(23)24)21-19(22)16-9-5-4-6-10-16/h4-11,13-14H,2-3,12H2,1H3,(H,21,22)(H,23,24). The quantitative estimate of drug-likeness (QED) is 0.568. The number of rotatable bonds is 8. The van der Waals surface area contributed by atoms with Crippen LogP contribution < -0.4 is 10.1 Å². The molecule has 0 fully saturated rings. The molecular weight excluding hydrogens is 318 g/mol. The van der Waals surface area contributed by atoms with Crippen LogP contribution in [0.2, 0.25) is 0 Å². The summed E-state index contributed by atoms with van der Waals surface area (Å²) in [5, 5.41) is 11.8. The van der Waals surface area contributed by atoms with Crippen LogP contribution in [0.3, 0.4) is 0 Å². The number of nitrogens with one attached hydrogen (secondary N) is 1. The van der Waals surface area contributed by atoms with Gasteiger partial charge in [0, 0.05) is 5.56 Å².